The van der Waals surface area contributed by atoms with Crippen molar-refractivity contribution >= 4 is 28.8 Å². The molecule has 166 valence electrons. The molecule has 1 aromatic carbocycles. The lowest BCUT2D eigenvalue weighted by Crippen LogP contribution is -2.46. The highest BCUT2D eigenvalue weighted by Gasteiger charge is 2.21. The Kier molecular flexibility index (Phi) is 7.11. The SMILES string of the molecule is Cc1ccc(COc2ccnc(N3CCC(NC(=S)Nc4cccnc4)CC3)c2)cc1F. The molecule has 2 N–H and O–H groups in total. The van der Waals surface area contributed by atoms with Crippen LogP contribution in [0.4, 0.5) is 15.9 Å². The maximum atomic E-state index is 13.7. The standard InChI is InChI=1S/C24H26FN5OS/c1-17-4-5-18(13-22(17)25)16-31-21-6-10-27-23(14-21)30-11-7-19(8-12-30)28-24(32)29-20-3-2-9-26-15-20/h2-6,9-10,13-15,19H,7-8,11-12,16H2,1H3,(H2,28,29,32). The Morgan fingerprint density at radius 3 is 2.78 bits per heavy atom. The number of aryl methyl sites for hydroxylation is 1. The van der Waals surface area contributed by atoms with Gasteiger partial charge >= 0.3 is 0 Å². The minimum absolute atomic E-state index is 0.215. The molecule has 8 heteroatoms. The number of anilines is 2. The normalized spacial score (nSPS) is 14.1. The fourth-order valence-electron chi connectivity index (χ4n) is 3.60. The van der Waals surface area contributed by atoms with Crippen molar-refractivity contribution < 1.29 is 9.13 Å². The fraction of sp³-hybridized carbons (Fsp3) is 0.292. The van der Waals surface area contributed by atoms with E-state index in [-0.39, 0.29) is 5.82 Å². The van der Waals surface area contributed by atoms with Gasteiger partial charge < -0.3 is 20.3 Å². The Morgan fingerprint density at radius 1 is 1.19 bits per heavy atom. The maximum absolute atomic E-state index is 13.7. The number of aromatic nitrogens is 2. The van der Waals surface area contributed by atoms with E-state index in [1.165, 1.54) is 6.07 Å². The first-order valence-corrected chi connectivity index (χ1v) is 11.0. The van der Waals surface area contributed by atoms with Crippen molar-refractivity contribution in [1.29, 1.82) is 0 Å². The zero-order valence-corrected chi connectivity index (χ0v) is 18.7. The predicted molar refractivity (Wildman–Crippen MR) is 129 cm³/mol. The molecule has 32 heavy (non-hydrogen) atoms. The van der Waals surface area contributed by atoms with Crippen molar-refractivity contribution in [3.63, 3.8) is 0 Å². The first-order chi connectivity index (χ1) is 15.6. The van der Waals surface area contributed by atoms with Gasteiger partial charge in [-0.2, -0.15) is 0 Å². The summed E-state index contributed by atoms with van der Waals surface area (Å²) in [6.45, 7) is 3.80. The molecule has 3 heterocycles. The van der Waals surface area contributed by atoms with Crippen LogP contribution in [0, 0.1) is 12.7 Å². The molecule has 3 aromatic rings. The first kappa shape index (κ1) is 22.0. The van der Waals surface area contributed by atoms with Crippen LogP contribution in [0.5, 0.6) is 5.75 Å². The molecule has 0 aliphatic carbocycles. The number of pyridine rings is 2. The second-order valence-electron chi connectivity index (χ2n) is 7.82. The lowest BCUT2D eigenvalue weighted by Gasteiger charge is -2.33. The lowest BCUT2D eigenvalue weighted by molar-refractivity contribution is 0.305. The number of ether oxygens (including phenoxy) is 1. The maximum Gasteiger partial charge on any atom is 0.171 e. The van der Waals surface area contributed by atoms with Crippen LogP contribution in [-0.4, -0.2) is 34.2 Å². The minimum Gasteiger partial charge on any atom is -0.489 e. The van der Waals surface area contributed by atoms with Crippen LogP contribution in [0.15, 0.2) is 61.1 Å². The molecule has 1 fully saturated rings. The molecule has 1 saturated heterocycles. The molecule has 4 rings (SSSR count). The Balaban J connectivity index is 1.27. The highest BCUT2D eigenvalue weighted by molar-refractivity contribution is 7.80. The summed E-state index contributed by atoms with van der Waals surface area (Å²) in [4.78, 5) is 10.8. The van der Waals surface area contributed by atoms with Gasteiger partial charge in [-0.1, -0.05) is 12.1 Å². The topological polar surface area (TPSA) is 62.3 Å². The molecule has 0 atom stereocenters. The molecular weight excluding hydrogens is 425 g/mol. The highest BCUT2D eigenvalue weighted by atomic mass is 32.1. The molecule has 0 radical (unpaired) electrons. The average Bonchev–Trinajstić information content (AvgIpc) is 2.81. The van der Waals surface area contributed by atoms with Gasteiger partial charge in [0, 0.05) is 37.6 Å². The quantitative estimate of drug-likeness (QED) is 0.537. The van der Waals surface area contributed by atoms with Gasteiger partial charge in [-0.05, 0) is 67.4 Å². The van der Waals surface area contributed by atoms with Crippen LogP contribution < -0.4 is 20.3 Å². The van der Waals surface area contributed by atoms with Gasteiger partial charge in [0.05, 0.1) is 11.9 Å². The zero-order valence-electron chi connectivity index (χ0n) is 17.9. The van der Waals surface area contributed by atoms with E-state index in [1.54, 1.807) is 31.6 Å². The number of rotatable bonds is 6. The number of halogens is 1. The van der Waals surface area contributed by atoms with E-state index in [9.17, 15) is 4.39 Å². The van der Waals surface area contributed by atoms with E-state index in [1.807, 2.05) is 30.3 Å². The van der Waals surface area contributed by atoms with Crippen molar-refractivity contribution in [3.05, 3.63) is 78.0 Å². The number of nitrogens with zero attached hydrogens (tertiary/aromatic N) is 3. The Morgan fingerprint density at radius 2 is 2.03 bits per heavy atom. The number of piperidine rings is 1. The third-order valence-electron chi connectivity index (χ3n) is 5.43. The van der Waals surface area contributed by atoms with Gasteiger partial charge in [-0.25, -0.2) is 9.37 Å². The average molecular weight is 452 g/mol. The van der Waals surface area contributed by atoms with E-state index >= 15 is 0 Å². The van der Waals surface area contributed by atoms with Crippen LogP contribution in [0.1, 0.15) is 24.0 Å². The number of thiocarbonyl (C=S) groups is 1. The number of hydrogen-bond donors (Lipinski definition) is 2. The van der Waals surface area contributed by atoms with Crippen molar-refractivity contribution in [2.45, 2.75) is 32.4 Å². The highest BCUT2D eigenvalue weighted by Crippen LogP contribution is 2.23. The molecular formula is C24H26FN5OS. The van der Waals surface area contributed by atoms with E-state index in [0.717, 1.165) is 48.7 Å². The molecule has 0 saturated carbocycles. The second kappa shape index (κ2) is 10.4. The van der Waals surface area contributed by atoms with Gasteiger partial charge in [0.1, 0.15) is 24.0 Å². The third-order valence-corrected chi connectivity index (χ3v) is 5.65. The number of hydrogen-bond acceptors (Lipinski definition) is 5. The summed E-state index contributed by atoms with van der Waals surface area (Å²) in [5.74, 6) is 1.39. The smallest absolute Gasteiger partial charge is 0.171 e. The van der Waals surface area contributed by atoms with E-state index in [0.29, 0.717) is 23.3 Å². The molecule has 1 aliphatic rings. The minimum atomic E-state index is -0.215. The van der Waals surface area contributed by atoms with Gasteiger partial charge in [0.25, 0.3) is 0 Å². The monoisotopic (exact) mass is 451 g/mol. The Bertz CT molecular complexity index is 1060. The first-order valence-electron chi connectivity index (χ1n) is 10.6. The molecule has 0 spiro atoms. The van der Waals surface area contributed by atoms with Crippen LogP contribution in [0.25, 0.3) is 0 Å². The number of benzene rings is 1. The van der Waals surface area contributed by atoms with Gasteiger partial charge in [-0.3, -0.25) is 4.98 Å². The summed E-state index contributed by atoms with van der Waals surface area (Å²) >= 11 is 5.43. The number of nitrogens with one attached hydrogen (secondary N) is 2. The van der Waals surface area contributed by atoms with Crippen molar-refractivity contribution in [2.75, 3.05) is 23.3 Å². The summed E-state index contributed by atoms with van der Waals surface area (Å²) < 4.78 is 19.6. The van der Waals surface area contributed by atoms with Crippen LogP contribution in [0.3, 0.4) is 0 Å². The van der Waals surface area contributed by atoms with Crippen molar-refractivity contribution in [2.24, 2.45) is 0 Å². The molecule has 0 bridgehead atoms. The summed E-state index contributed by atoms with van der Waals surface area (Å²) in [6.07, 6.45) is 7.12. The van der Waals surface area contributed by atoms with E-state index < -0.39 is 0 Å². The van der Waals surface area contributed by atoms with Crippen molar-refractivity contribution in [3.8, 4) is 5.75 Å². The van der Waals surface area contributed by atoms with Crippen LogP contribution in [-0.2, 0) is 6.61 Å². The summed E-state index contributed by atoms with van der Waals surface area (Å²) in [5, 5.41) is 7.16. The second-order valence-corrected chi connectivity index (χ2v) is 8.23. The van der Waals surface area contributed by atoms with Gasteiger partial charge in [0.15, 0.2) is 5.11 Å². The largest absolute Gasteiger partial charge is 0.489 e. The fourth-order valence-corrected chi connectivity index (χ4v) is 3.88. The molecule has 1 aliphatic heterocycles. The molecule has 0 unspecified atom stereocenters. The zero-order chi connectivity index (χ0) is 22.3. The lowest BCUT2D eigenvalue weighted by atomic mass is 10.1. The molecule has 2 aromatic heterocycles. The van der Waals surface area contributed by atoms with E-state index in [2.05, 4.69) is 25.5 Å². The predicted octanol–water partition coefficient (Wildman–Crippen LogP) is 4.46. The third kappa shape index (κ3) is 5.91. The summed E-state index contributed by atoms with van der Waals surface area (Å²) in [7, 11) is 0. The summed E-state index contributed by atoms with van der Waals surface area (Å²) in [6, 6.07) is 13.0. The van der Waals surface area contributed by atoms with Gasteiger partial charge in [0.2, 0.25) is 0 Å². The van der Waals surface area contributed by atoms with Crippen LogP contribution in [0.2, 0.25) is 0 Å². The Labute approximate surface area is 192 Å². The van der Waals surface area contributed by atoms with Crippen molar-refractivity contribution in [1.82, 2.24) is 15.3 Å². The molecule has 0 amide bonds. The van der Waals surface area contributed by atoms with E-state index in [4.69, 9.17) is 17.0 Å². The van der Waals surface area contributed by atoms with Crippen LogP contribution >= 0.6 is 12.2 Å². The van der Waals surface area contributed by atoms with Gasteiger partial charge in [-0.15, -0.1) is 0 Å². The Hall–Kier alpha value is -3.26. The summed E-state index contributed by atoms with van der Waals surface area (Å²) in [5.41, 5.74) is 2.30. The molecule has 6 nitrogen and oxygen atoms in total.